The number of nitrogens with one attached hydrogen (secondary N) is 1. The number of rotatable bonds is 9. The number of amides is 2. The fourth-order valence-electron chi connectivity index (χ4n) is 2.42. The average Bonchev–Trinajstić information content (AvgIpc) is 2.71. The highest BCUT2D eigenvalue weighted by molar-refractivity contribution is 5.92. The largest absolute Gasteiger partial charge is 0.484 e. The first-order valence-corrected chi connectivity index (χ1v) is 8.91. The van der Waals surface area contributed by atoms with Crippen molar-refractivity contribution in [3.8, 4) is 5.75 Å². The summed E-state index contributed by atoms with van der Waals surface area (Å²) in [7, 11) is 0. The standard InChI is InChI=1S/C21H24N2O5/c1-14(16-6-4-3-5-7-16)12-23-20(25)15(2)28-21(26)17-8-10-18(11-9-17)27-13-19(22)24/h3-11,14-15H,12-13H2,1-2H3,(H2,22,24)(H,23,25)/t14-,15+/m0/s1. The Bertz CT molecular complexity index is 805. The maximum absolute atomic E-state index is 12.2. The molecule has 0 bridgehead atoms. The molecule has 7 nitrogen and oxygen atoms in total. The van der Waals surface area contributed by atoms with Crippen molar-refractivity contribution in [3.05, 3.63) is 65.7 Å². The molecule has 0 fully saturated rings. The van der Waals surface area contributed by atoms with Gasteiger partial charge >= 0.3 is 5.97 Å². The Morgan fingerprint density at radius 3 is 2.25 bits per heavy atom. The van der Waals surface area contributed by atoms with Crippen LogP contribution in [0.2, 0.25) is 0 Å². The first-order valence-electron chi connectivity index (χ1n) is 8.91. The van der Waals surface area contributed by atoms with Crippen LogP contribution in [0.3, 0.4) is 0 Å². The Hall–Kier alpha value is -3.35. The fourth-order valence-corrected chi connectivity index (χ4v) is 2.42. The molecule has 0 heterocycles. The molecule has 28 heavy (non-hydrogen) atoms. The van der Waals surface area contributed by atoms with E-state index < -0.39 is 18.0 Å². The fraction of sp³-hybridized carbons (Fsp3) is 0.286. The van der Waals surface area contributed by atoms with Crippen molar-refractivity contribution < 1.29 is 23.9 Å². The van der Waals surface area contributed by atoms with Crippen molar-refractivity contribution in [2.75, 3.05) is 13.2 Å². The lowest BCUT2D eigenvalue weighted by molar-refractivity contribution is -0.129. The van der Waals surface area contributed by atoms with Gasteiger partial charge in [-0.1, -0.05) is 37.3 Å². The second-order valence-electron chi connectivity index (χ2n) is 6.38. The topological polar surface area (TPSA) is 108 Å². The number of esters is 1. The van der Waals surface area contributed by atoms with E-state index in [0.717, 1.165) is 5.56 Å². The lowest BCUT2D eigenvalue weighted by atomic mass is 10.0. The molecule has 2 aromatic carbocycles. The molecule has 0 saturated heterocycles. The van der Waals surface area contributed by atoms with Crippen LogP contribution in [0.25, 0.3) is 0 Å². The van der Waals surface area contributed by atoms with Crippen LogP contribution in [-0.4, -0.2) is 37.0 Å². The zero-order chi connectivity index (χ0) is 20.5. The molecular weight excluding hydrogens is 360 g/mol. The van der Waals surface area contributed by atoms with E-state index in [-0.39, 0.29) is 24.0 Å². The lowest BCUT2D eigenvalue weighted by Gasteiger charge is -2.16. The van der Waals surface area contributed by atoms with Crippen LogP contribution >= 0.6 is 0 Å². The molecule has 2 rings (SSSR count). The Balaban J connectivity index is 1.82. The molecule has 0 aliphatic carbocycles. The van der Waals surface area contributed by atoms with Crippen molar-refractivity contribution >= 4 is 17.8 Å². The minimum Gasteiger partial charge on any atom is -0.484 e. The molecule has 148 valence electrons. The van der Waals surface area contributed by atoms with Gasteiger partial charge < -0.3 is 20.5 Å². The van der Waals surface area contributed by atoms with Gasteiger partial charge in [0.05, 0.1) is 5.56 Å². The molecule has 0 spiro atoms. The van der Waals surface area contributed by atoms with Crippen molar-refractivity contribution in [2.24, 2.45) is 5.73 Å². The van der Waals surface area contributed by atoms with Crippen LogP contribution in [-0.2, 0) is 14.3 Å². The summed E-state index contributed by atoms with van der Waals surface area (Å²) < 4.78 is 10.3. The van der Waals surface area contributed by atoms with Gasteiger partial charge in [0, 0.05) is 6.54 Å². The molecule has 2 atom stereocenters. The van der Waals surface area contributed by atoms with Gasteiger partial charge in [-0.25, -0.2) is 4.79 Å². The maximum Gasteiger partial charge on any atom is 0.338 e. The molecule has 0 unspecified atom stereocenters. The van der Waals surface area contributed by atoms with Crippen LogP contribution in [0.15, 0.2) is 54.6 Å². The predicted molar refractivity (Wildman–Crippen MR) is 104 cm³/mol. The summed E-state index contributed by atoms with van der Waals surface area (Å²) in [5.41, 5.74) is 6.39. The second-order valence-corrected chi connectivity index (χ2v) is 6.38. The summed E-state index contributed by atoms with van der Waals surface area (Å²) in [6.07, 6.45) is -0.929. The van der Waals surface area contributed by atoms with Gasteiger partial charge in [0.15, 0.2) is 12.7 Å². The lowest BCUT2D eigenvalue weighted by Crippen LogP contribution is -2.37. The third-order valence-corrected chi connectivity index (χ3v) is 4.08. The van der Waals surface area contributed by atoms with Gasteiger partial charge in [0.25, 0.3) is 11.8 Å². The number of hydrogen-bond acceptors (Lipinski definition) is 5. The quantitative estimate of drug-likeness (QED) is 0.643. The van der Waals surface area contributed by atoms with E-state index in [2.05, 4.69) is 5.32 Å². The number of primary amides is 1. The second kappa shape index (κ2) is 10.1. The van der Waals surface area contributed by atoms with E-state index in [1.54, 1.807) is 0 Å². The van der Waals surface area contributed by atoms with Crippen molar-refractivity contribution in [1.82, 2.24) is 5.32 Å². The summed E-state index contributed by atoms with van der Waals surface area (Å²) in [5, 5.41) is 2.79. The van der Waals surface area contributed by atoms with Gasteiger partial charge in [-0.3, -0.25) is 9.59 Å². The maximum atomic E-state index is 12.2. The summed E-state index contributed by atoms with van der Waals surface area (Å²) in [6, 6.07) is 15.8. The van der Waals surface area contributed by atoms with Gasteiger partial charge in [0.1, 0.15) is 5.75 Å². The Kier molecular flexibility index (Phi) is 7.56. The Labute approximate surface area is 163 Å². The van der Waals surface area contributed by atoms with E-state index >= 15 is 0 Å². The van der Waals surface area contributed by atoms with E-state index in [9.17, 15) is 14.4 Å². The number of ether oxygens (including phenoxy) is 2. The molecule has 7 heteroatoms. The number of carbonyl (C=O) groups excluding carboxylic acids is 3. The average molecular weight is 384 g/mol. The summed E-state index contributed by atoms with van der Waals surface area (Å²) in [6.45, 7) is 3.72. The van der Waals surface area contributed by atoms with Gasteiger partial charge in [0.2, 0.25) is 0 Å². The van der Waals surface area contributed by atoms with Gasteiger partial charge in [-0.05, 0) is 42.7 Å². The monoisotopic (exact) mass is 384 g/mol. The molecule has 3 N–H and O–H groups in total. The van der Waals surface area contributed by atoms with Crippen molar-refractivity contribution in [3.63, 3.8) is 0 Å². The van der Waals surface area contributed by atoms with Crippen molar-refractivity contribution in [2.45, 2.75) is 25.9 Å². The smallest absolute Gasteiger partial charge is 0.338 e. The highest BCUT2D eigenvalue weighted by Crippen LogP contribution is 2.15. The van der Waals surface area contributed by atoms with Crippen molar-refractivity contribution in [1.29, 1.82) is 0 Å². The predicted octanol–water partition coefficient (Wildman–Crippen LogP) is 2.02. The molecular formula is C21H24N2O5. The van der Waals surface area contributed by atoms with E-state index in [4.69, 9.17) is 15.2 Å². The molecule has 0 radical (unpaired) electrons. The van der Waals surface area contributed by atoms with Crippen LogP contribution in [0, 0.1) is 0 Å². The molecule has 2 amide bonds. The van der Waals surface area contributed by atoms with Crippen LogP contribution in [0.1, 0.15) is 35.7 Å². The molecule has 2 aromatic rings. The SMILES string of the molecule is C[C@@H](OC(=O)c1ccc(OCC(N)=O)cc1)C(=O)NC[C@H](C)c1ccccc1. The zero-order valence-corrected chi connectivity index (χ0v) is 15.9. The Morgan fingerprint density at radius 2 is 1.64 bits per heavy atom. The highest BCUT2D eigenvalue weighted by atomic mass is 16.5. The minimum atomic E-state index is -0.929. The summed E-state index contributed by atoms with van der Waals surface area (Å²) in [4.78, 5) is 35.1. The minimum absolute atomic E-state index is 0.140. The number of carbonyl (C=O) groups is 3. The highest BCUT2D eigenvalue weighted by Gasteiger charge is 2.19. The van der Waals surface area contributed by atoms with Crippen LogP contribution in [0.5, 0.6) is 5.75 Å². The van der Waals surface area contributed by atoms with Gasteiger partial charge in [-0.2, -0.15) is 0 Å². The molecule has 0 aliphatic heterocycles. The normalized spacial score (nSPS) is 12.5. The third kappa shape index (κ3) is 6.42. The van der Waals surface area contributed by atoms with E-state index in [1.165, 1.54) is 31.2 Å². The number of benzene rings is 2. The van der Waals surface area contributed by atoms with E-state index in [0.29, 0.717) is 12.3 Å². The first-order chi connectivity index (χ1) is 13.4. The molecule has 0 aliphatic rings. The number of hydrogen-bond donors (Lipinski definition) is 2. The van der Waals surface area contributed by atoms with Crippen LogP contribution in [0.4, 0.5) is 0 Å². The summed E-state index contributed by atoms with van der Waals surface area (Å²) >= 11 is 0. The number of nitrogens with two attached hydrogens (primary N) is 1. The molecule has 0 aromatic heterocycles. The Morgan fingerprint density at radius 1 is 1.00 bits per heavy atom. The third-order valence-electron chi connectivity index (χ3n) is 4.08. The zero-order valence-electron chi connectivity index (χ0n) is 15.9. The van der Waals surface area contributed by atoms with Gasteiger partial charge in [-0.15, -0.1) is 0 Å². The summed E-state index contributed by atoms with van der Waals surface area (Å²) in [5.74, 6) is -1.04. The van der Waals surface area contributed by atoms with Crippen LogP contribution < -0.4 is 15.8 Å². The first kappa shape index (κ1) is 21.0. The van der Waals surface area contributed by atoms with E-state index in [1.807, 2.05) is 37.3 Å². The molecule has 0 saturated carbocycles.